The molecule has 1 amide bonds. The summed E-state index contributed by atoms with van der Waals surface area (Å²) in [5, 5.41) is 46.5. The number of piperidine rings is 1. The molecule has 4 atom stereocenters. The van der Waals surface area contributed by atoms with Crippen LogP contribution in [0.1, 0.15) is 24.2 Å². The molecule has 4 rings (SSSR count). The van der Waals surface area contributed by atoms with Gasteiger partial charge in [0.25, 0.3) is 5.91 Å². The second kappa shape index (κ2) is 10.6. The molecule has 1 aromatic carbocycles. The molecule has 2 heterocycles. The highest BCUT2D eigenvalue weighted by atomic mass is 35.5. The number of aliphatic hydroxyl groups excluding tert-OH is 2. The average Bonchev–Trinajstić information content (AvgIpc) is 3.13. The van der Waals surface area contributed by atoms with Gasteiger partial charge in [0, 0.05) is 31.6 Å². The Labute approximate surface area is 211 Å². The first kappa shape index (κ1) is 27.7. The number of carboxylic acids is 2. The Kier molecular flexibility index (Phi) is 8.16. The Morgan fingerprint density at radius 2 is 1.75 bits per heavy atom. The van der Waals surface area contributed by atoms with Gasteiger partial charge >= 0.3 is 11.9 Å². The van der Waals surface area contributed by atoms with Gasteiger partial charge < -0.3 is 41.0 Å². The highest BCUT2D eigenvalue weighted by Crippen LogP contribution is 2.51. The highest BCUT2D eigenvalue weighted by molar-refractivity contribution is 6.35. The number of benzene rings is 1. The average molecular weight is 528 g/mol. The number of likely N-dealkylation sites (tertiary alicyclic amines) is 1. The number of hydrogen-bond donors (Lipinski definition) is 7. The number of nitrogens with zero attached hydrogens (tertiary/aromatic N) is 1. The maximum atomic E-state index is 12.6. The van der Waals surface area contributed by atoms with E-state index in [-0.39, 0.29) is 5.91 Å². The largest absolute Gasteiger partial charge is 0.479 e. The van der Waals surface area contributed by atoms with Crippen LogP contribution >= 0.6 is 11.6 Å². The number of nitrogens with one attached hydrogen (secondary N) is 1. The van der Waals surface area contributed by atoms with Crippen molar-refractivity contribution in [2.45, 2.75) is 31.7 Å². The summed E-state index contributed by atoms with van der Waals surface area (Å²) < 4.78 is 5.43. The summed E-state index contributed by atoms with van der Waals surface area (Å²) in [6, 6.07) is 3.28. The van der Waals surface area contributed by atoms with Gasteiger partial charge in [-0.1, -0.05) is 11.6 Å². The van der Waals surface area contributed by atoms with Crippen LogP contribution in [0, 0.1) is 17.8 Å². The highest BCUT2D eigenvalue weighted by Gasteiger charge is 2.55. The zero-order chi connectivity index (χ0) is 26.9. The van der Waals surface area contributed by atoms with Crippen LogP contribution in [-0.4, -0.2) is 92.3 Å². The van der Waals surface area contributed by atoms with Crippen molar-refractivity contribution in [1.82, 2.24) is 10.2 Å². The van der Waals surface area contributed by atoms with Gasteiger partial charge in [-0.15, -0.1) is 0 Å². The maximum absolute atomic E-state index is 12.6. The Balaban J connectivity index is 0.000000308. The molecule has 1 aromatic heterocycles. The number of amides is 1. The summed E-state index contributed by atoms with van der Waals surface area (Å²) in [5.41, 5.74) is 6.58. The van der Waals surface area contributed by atoms with Crippen LogP contribution in [0.4, 0.5) is 5.69 Å². The number of β-amino-alcohol motifs (C(OH)–C–C–N with tert-alkyl or cyclic N) is 1. The first-order valence-corrected chi connectivity index (χ1v) is 11.6. The minimum Gasteiger partial charge on any atom is -0.479 e. The third-order valence-corrected chi connectivity index (χ3v) is 6.65. The smallest absolute Gasteiger partial charge is 0.335 e. The van der Waals surface area contributed by atoms with Crippen molar-refractivity contribution in [2.24, 2.45) is 17.8 Å². The number of carbonyl (C=O) groups excluding carboxylic acids is 1. The van der Waals surface area contributed by atoms with E-state index in [1.807, 2.05) is 13.8 Å². The molecule has 1 saturated carbocycles. The van der Waals surface area contributed by atoms with Crippen molar-refractivity contribution in [3.63, 3.8) is 0 Å². The van der Waals surface area contributed by atoms with E-state index in [0.717, 1.165) is 13.1 Å². The number of hydrogen-bond acceptors (Lipinski definition) is 9. The minimum atomic E-state index is -2.27. The van der Waals surface area contributed by atoms with Crippen LogP contribution in [0.2, 0.25) is 5.02 Å². The van der Waals surface area contributed by atoms with E-state index in [4.69, 9.17) is 42.2 Å². The molecular weight excluding hydrogens is 498 g/mol. The van der Waals surface area contributed by atoms with E-state index in [9.17, 15) is 19.5 Å². The third kappa shape index (κ3) is 6.26. The Morgan fingerprint density at radius 3 is 2.25 bits per heavy atom. The predicted octanol–water partition coefficient (Wildman–Crippen LogP) is 0.224. The van der Waals surface area contributed by atoms with E-state index in [2.05, 4.69) is 10.2 Å². The molecule has 12 nitrogen and oxygen atoms in total. The lowest BCUT2D eigenvalue weighted by Crippen LogP contribution is -2.39. The molecule has 8 N–H and O–H groups in total. The van der Waals surface area contributed by atoms with Crippen molar-refractivity contribution < 1.29 is 44.3 Å². The molecule has 2 fully saturated rings. The zero-order valence-electron chi connectivity index (χ0n) is 19.7. The fourth-order valence-corrected chi connectivity index (χ4v) is 4.80. The summed E-state index contributed by atoms with van der Waals surface area (Å²) in [7, 11) is 0. The maximum Gasteiger partial charge on any atom is 0.335 e. The number of aliphatic hydroxyl groups is 3. The van der Waals surface area contributed by atoms with Gasteiger partial charge in [-0.2, -0.15) is 0 Å². The van der Waals surface area contributed by atoms with E-state index in [1.165, 1.54) is 6.26 Å². The molecule has 2 aliphatic rings. The Hall–Kier alpha value is -2.90. The van der Waals surface area contributed by atoms with Gasteiger partial charge in [-0.05, 0) is 43.7 Å². The van der Waals surface area contributed by atoms with Gasteiger partial charge in [0.05, 0.1) is 28.1 Å². The van der Waals surface area contributed by atoms with Crippen LogP contribution < -0.4 is 11.1 Å². The zero-order valence-corrected chi connectivity index (χ0v) is 20.5. The summed E-state index contributed by atoms with van der Waals surface area (Å²) >= 11 is 6.14. The van der Waals surface area contributed by atoms with Crippen molar-refractivity contribution in [3.8, 4) is 0 Å². The first-order valence-electron chi connectivity index (χ1n) is 11.2. The SMILES string of the molecule is CC(C)(O)CN1CC2C(CNC(=O)c3cc(Cl)c(N)c4ccoc34)C2C1.O=C(O)[C@H](O)[C@@H](O)C(=O)O. The normalized spacial score (nSPS) is 22.8. The molecule has 1 aliphatic heterocycles. The Morgan fingerprint density at radius 1 is 1.19 bits per heavy atom. The number of fused-ring (bicyclic) bond motifs is 2. The van der Waals surface area contributed by atoms with Crippen LogP contribution in [0.5, 0.6) is 0 Å². The molecule has 1 aliphatic carbocycles. The summed E-state index contributed by atoms with van der Waals surface area (Å²) in [4.78, 5) is 34.5. The van der Waals surface area contributed by atoms with E-state index < -0.39 is 29.7 Å². The van der Waals surface area contributed by atoms with Crippen molar-refractivity contribution in [3.05, 3.63) is 29.0 Å². The predicted molar refractivity (Wildman–Crippen MR) is 128 cm³/mol. The number of nitrogens with two attached hydrogens (primary N) is 1. The molecule has 0 spiro atoms. The lowest BCUT2D eigenvalue weighted by atomic mass is 10.1. The minimum absolute atomic E-state index is 0.190. The molecular formula is C23H30ClN3O9. The van der Waals surface area contributed by atoms with Crippen molar-refractivity contribution in [1.29, 1.82) is 0 Å². The van der Waals surface area contributed by atoms with Gasteiger partial charge in [-0.25, -0.2) is 9.59 Å². The third-order valence-electron chi connectivity index (χ3n) is 6.33. The molecule has 2 aromatic rings. The van der Waals surface area contributed by atoms with Crippen LogP contribution in [0.3, 0.4) is 0 Å². The number of rotatable bonds is 8. The lowest BCUT2D eigenvalue weighted by molar-refractivity contribution is -0.165. The fraction of sp³-hybridized carbons (Fsp3) is 0.522. The molecule has 36 heavy (non-hydrogen) atoms. The van der Waals surface area contributed by atoms with Gasteiger partial charge in [0.1, 0.15) is 5.58 Å². The summed E-state index contributed by atoms with van der Waals surface area (Å²) in [5.74, 6) is -2.00. The lowest BCUT2D eigenvalue weighted by Gasteiger charge is -2.27. The first-order chi connectivity index (χ1) is 16.7. The molecule has 198 valence electrons. The molecule has 13 heteroatoms. The quantitative estimate of drug-likeness (QED) is 0.231. The topological polar surface area (TPSA) is 207 Å². The van der Waals surface area contributed by atoms with Gasteiger partial charge in [0.15, 0.2) is 12.2 Å². The molecule has 0 bridgehead atoms. The molecule has 1 saturated heterocycles. The van der Waals surface area contributed by atoms with Gasteiger partial charge in [0.2, 0.25) is 0 Å². The monoisotopic (exact) mass is 527 g/mol. The molecule has 2 unspecified atom stereocenters. The standard InChI is InChI=1S/C19H24ClN3O3.C4H6O6/c1-19(2,25)9-23-7-13-12(14(13)8-23)6-22-18(24)11-5-15(20)16(21)10-3-4-26-17(10)11;5-1(3(7)8)2(6)4(9)10/h3-5,12-14,25H,6-9,21H2,1-2H3,(H,22,24);1-2,5-6H,(H,7,8)(H,9,10)/t;1-,2-/m.1/s1. The van der Waals surface area contributed by atoms with Crippen LogP contribution in [-0.2, 0) is 9.59 Å². The summed E-state index contributed by atoms with van der Waals surface area (Å²) in [6.45, 7) is 6.99. The van der Waals surface area contributed by atoms with E-state index >= 15 is 0 Å². The number of halogens is 1. The Bertz CT molecular complexity index is 1120. The number of carboxylic acid groups (broad SMARTS) is 2. The second-order valence-corrected chi connectivity index (χ2v) is 10.2. The number of nitrogen functional groups attached to an aromatic ring is 1. The van der Waals surface area contributed by atoms with Crippen LogP contribution in [0.25, 0.3) is 11.0 Å². The van der Waals surface area contributed by atoms with E-state index in [0.29, 0.717) is 58.1 Å². The number of aliphatic carboxylic acids is 2. The number of anilines is 1. The fourth-order valence-electron chi connectivity index (χ4n) is 4.59. The van der Waals surface area contributed by atoms with Crippen molar-refractivity contribution >= 4 is 46.1 Å². The summed E-state index contributed by atoms with van der Waals surface area (Å²) in [6.07, 6.45) is -3.02. The van der Waals surface area contributed by atoms with Crippen LogP contribution in [0.15, 0.2) is 22.8 Å². The van der Waals surface area contributed by atoms with Crippen molar-refractivity contribution in [2.75, 3.05) is 31.9 Å². The van der Waals surface area contributed by atoms with E-state index in [1.54, 1.807) is 12.1 Å². The number of furan rings is 1. The van der Waals surface area contributed by atoms with Gasteiger partial charge in [-0.3, -0.25) is 9.69 Å². The second-order valence-electron chi connectivity index (χ2n) is 9.76. The molecule has 0 radical (unpaired) electrons. The number of carbonyl (C=O) groups is 3.